The molecule has 12 saturated carbocycles. The number of hydrogen-bond acceptors (Lipinski definition) is 24. The van der Waals surface area contributed by atoms with Crippen LogP contribution in [0.4, 0.5) is 0 Å². The molecule has 498 valence electrons. The van der Waals surface area contributed by atoms with Crippen molar-refractivity contribution in [1.82, 2.24) is 31.9 Å². The van der Waals surface area contributed by atoms with Crippen LogP contribution in [0.15, 0.2) is 0 Å². The molecule has 6 spiro atoms. The molecule has 13 fully saturated rings. The van der Waals surface area contributed by atoms with Crippen LogP contribution in [0.2, 0.25) is 0 Å². The Kier molecular flexibility index (Phi) is 21.3. The van der Waals surface area contributed by atoms with E-state index in [4.69, 9.17) is 28.4 Å². The van der Waals surface area contributed by atoms with Gasteiger partial charge in [0.15, 0.2) is 0 Å². The van der Waals surface area contributed by atoms with Crippen LogP contribution < -0.4 is 31.9 Å². The van der Waals surface area contributed by atoms with Gasteiger partial charge < -0.3 is 60.3 Å². The van der Waals surface area contributed by atoms with E-state index in [2.05, 4.69) is 31.9 Å². The molecule has 12 atom stereocenters. The van der Waals surface area contributed by atoms with Crippen molar-refractivity contribution in [3.8, 4) is 0 Å². The minimum absolute atomic E-state index is 0.0183. The van der Waals surface area contributed by atoms with Gasteiger partial charge in [-0.05, 0) is 151 Å². The molecule has 6 amide bonds. The second kappa shape index (κ2) is 28.0. The maximum atomic E-state index is 14.8. The van der Waals surface area contributed by atoms with Gasteiger partial charge in [-0.3, -0.25) is 28.8 Å². The summed E-state index contributed by atoms with van der Waals surface area (Å²) in [4.78, 5) is 169. The first kappa shape index (κ1) is 68.6. The van der Waals surface area contributed by atoms with Crippen LogP contribution in [0.5, 0.6) is 0 Å². The monoisotopic (exact) mass is 1370 g/mol. The zero-order valence-corrected chi connectivity index (χ0v) is 56.6. The van der Waals surface area contributed by atoms with E-state index < -0.39 is 105 Å². The molecule has 6 N–H and O–H groups in total. The molecule has 12 bridgehead atoms. The third-order valence-electron chi connectivity index (χ3n) is 21.5. The van der Waals surface area contributed by atoms with E-state index in [1.807, 2.05) is 0 Å². The zero-order valence-electron chi connectivity index (χ0n) is 51.7. The van der Waals surface area contributed by atoms with E-state index in [9.17, 15) is 57.5 Å². The lowest BCUT2D eigenvalue weighted by molar-refractivity contribution is -0.170. The lowest BCUT2D eigenvalue weighted by atomic mass is 9.43. The molecule has 1 saturated heterocycles. The number of rotatable bonds is 6. The van der Waals surface area contributed by atoms with Crippen LogP contribution in [-0.4, -0.2) is 185 Å². The van der Waals surface area contributed by atoms with Gasteiger partial charge in [-0.15, -0.1) is 0 Å². The molecule has 1 aliphatic heterocycles. The quantitative estimate of drug-likeness (QED) is 0.125. The number of nitrogens with one attached hydrogen (secondary N) is 6. The molecule has 0 aromatic heterocycles. The molecule has 0 aromatic carbocycles. The van der Waals surface area contributed by atoms with Gasteiger partial charge in [0.2, 0.25) is 35.4 Å². The third kappa shape index (κ3) is 13.9. The number of carbonyl (C=O) groups excluding carboxylic acids is 12. The minimum atomic E-state index is -1.12. The van der Waals surface area contributed by atoms with E-state index in [-0.39, 0.29) is 125 Å². The molecule has 13 aliphatic rings. The third-order valence-corrected chi connectivity index (χ3v) is 28.7. The SMILES string of the molecule is COC(=O)[C@@H]1CSSC[C@H](C(=O)OC)NC(=O)C23CC4CC(C2)CC(C4)(C3)C(=O)N[C@@H](C(=O)OC)CSSC[C@H](C(=O)OC)NC(=O)C23CC4CC(CC(C4)(C2)C(=O)N[C@@H](C(=O)OC)CSSC[C@H](C(=O)OC)NC(=O)C24CC5CC(CC(C5)(C2)C(=O)N1)C4)C3. The largest absolute Gasteiger partial charge is 0.467 e. The predicted molar refractivity (Wildman–Crippen MR) is 337 cm³/mol. The van der Waals surface area contributed by atoms with Crippen LogP contribution in [-0.2, 0) is 86.0 Å². The number of esters is 6. The highest BCUT2D eigenvalue weighted by molar-refractivity contribution is 8.77. The number of hydrogen-bond donors (Lipinski definition) is 6. The van der Waals surface area contributed by atoms with Gasteiger partial charge in [0.05, 0.1) is 75.1 Å². The summed E-state index contributed by atoms with van der Waals surface area (Å²) < 4.78 is 31.0. The Morgan fingerprint density at radius 3 is 0.533 bits per heavy atom. The van der Waals surface area contributed by atoms with Crippen LogP contribution >= 0.6 is 64.8 Å². The Morgan fingerprint density at radius 1 is 0.278 bits per heavy atom. The van der Waals surface area contributed by atoms with Crippen molar-refractivity contribution in [1.29, 1.82) is 0 Å². The van der Waals surface area contributed by atoms with Crippen molar-refractivity contribution in [2.75, 3.05) is 77.2 Å². The Morgan fingerprint density at radius 2 is 0.411 bits per heavy atom. The van der Waals surface area contributed by atoms with Gasteiger partial charge in [0, 0.05) is 34.5 Å². The summed E-state index contributed by atoms with van der Waals surface area (Å²) in [5.74, 6) is -6.25. The van der Waals surface area contributed by atoms with Gasteiger partial charge >= 0.3 is 35.8 Å². The van der Waals surface area contributed by atoms with Crippen LogP contribution in [0, 0.1) is 68.0 Å². The first-order chi connectivity index (χ1) is 42.9. The summed E-state index contributed by atoms with van der Waals surface area (Å²) in [6, 6.07) is -6.74. The molecule has 24 nitrogen and oxygen atoms in total. The molecule has 1 heterocycles. The Balaban J connectivity index is 0.896. The topological polar surface area (TPSA) is 332 Å². The smallest absolute Gasteiger partial charge is 0.329 e. The van der Waals surface area contributed by atoms with Gasteiger partial charge in [0.1, 0.15) is 36.3 Å². The maximum absolute atomic E-state index is 14.8. The van der Waals surface area contributed by atoms with Crippen molar-refractivity contribution in [3.05, 3.63) is 0 Å². The fourth-order valence-corrected chi connectivity index (χ4v) is 25.7. The van der Waals surface area contributed by atoms with Gasteiger partial charge in [-0.25, -0.2) is 28.8 Å². The van der Waals surface area contributed by atoms with Crippen molar-refractivity contribution >= 4 is 136 Å². The molecule has 0 radical (unpaired) electrons. The maximum Gasteiger partial charge on any atom is 0.329 e. The zero-order chi connectivity index (χ0) is 64.6. The summed E-state index contributed by atoms with van der Waals surface area (Å²) >= 11 is 0. The van der Waals surface area contributed by atoms with Crippen LogP contribution in [0.25, 0.3) is 0 Å². The van der Waals surface area contributed by atoms with Crippen molar-refractivity contribution in [3.63, 3.8) is 0 Å². The Hall–Kier alpha value is -4.26. The summed E-state index contributed by atoms with van der Waals surface area (Å²) in [6.45, 7) is 0. The lowest BCUT2D eigenvalue weighted by Crippen LogP contribution is -2.63. The first-order valence-corrected chi connectivity index (χ1v) is 38.4. The average molecular weight is 1370 g/mol. The highest BCUT2D eigenvalue weighted by Crippen LogP contribution is 2.68. The molecule has 90 heavy (non-hydrogen) atoms. The molecule has 0 aromatic rings. The summed E-state index contributed by atoms with van der Waals surface area (Å²) in [6.07, 6.45) is 9.05. The predicted octanol–water partition coefficient (Wildman–Crippen LogP) is 3.85. The van der Waals surface area contributed by atoms with E-state index in [0.29, 0.717) is 77.0 Å². The summed E-state index contributed by atoms with van der Waals surface area (Å²) in [5, 5.41) is 17.8. The van der Waals surface area contributed by atoms with Crippen molar-refractivity contribution in [2.45, 2.75) is 152 Å². The second-order valence-corrected chi connectivity index (χ2v) is 35.2. The van der Waals surface area contributed by atoms with Crippen molar-refractivity contribution in [2.24, 2.45) is 68.0 Å². The van der Waals surface area contributed by atoms with E-state index in [1.54, 1.807) is 0 Å². The molecule has 30 heteroatoms. The standard InChI is InChI=1S/C60H84N6O18S6/c1-79-43(67)37-22-85-86-23-38(44(68)80-2)62-51(75)57-14-33-8-34(15-57)17-58(16-33,29-57)52(76)64-41(47(71)83-5)26-89-90-27-42(48(72)84-6)66-54(78)60-20-35-9-36(21-60)19-59(18-35,30-60)53(77)65-40(46(70)82-4)25-88-87-24-39(45(69)81-3)63-50(74)56-12-31-7-32(13-56)11-55(10-31,28-56)49(73)61-37/h31-42H,7-30H2,1-6H3,(H,61,73)(H,62,75)(H,63,74)(H,64,76)(H,65,77)(H,66,78)/t31?,32?,33?,34?,35?,36?,37-,38-,39-,40-,41-,42+,55?,56?,57?,58?,59?,60?/m1/s1. The average Bonchev–Trinajstić information content (AvgIpc) is 0.732. The summed E-state index contributed by atoms with van der Waals surface area (Å²) in [5.41, 5.74) is -6.04. The lowest BCUT2D eigenvalue weighted by Gasteiger charge is -2.60. The van der Waals surface area contributed by atoms with E-state index in [0.717, 1.165) is 19.3 Å². The molecule has 13 rings (SSSR count). The number of carbonyl (C=O) groups is 12. The fourth-order valence-electron chi connectivity index (χ4n) is 18.8. The van der Waals surface area contributed by atoms with Crippen LogP contribution in [0.3, 0.4) is 0 Å². The van der Waals surface area contributed by atoms with Crippen molar-refractivity contribution < 1.29 is 86.0 Å². The van der Waals surface area contributed by atoms with E-state index in [1.165, 1.54) is 107 Å². The summed E-state index contributed by atoms with van der Waals surface area (Å²) in [7, 11) is 14.5. The fraction of sp³-hybridized carbons (Fsp3) is 0.800. The van der Waals surface area contributed by atoms with Gasteiger partial charge in [-0.2, -0.15) is 0 Å². The second-order valence-electron chi connectivity index (χ2n) is 27.6. The molecule has 6 unspecified atom stereocenters. The first-order valence-electron chi connectivity index (χ1n) is 31.0. The highest BCUT2D eigenvalue weighted by Gasteiger charge is 2.67. The Bertz CT molecular complexity index is 2360. The highest BCUT2D eigenvalue weighted by atomic mass is 33.1. The molecule has 12 aliphatic carbocycles. The normalized spacial score (nSPS) is 40.9. The Labute approximate surface area is 547 Å². The van der Waals surface area contributed by atoms with Crippen LogP contribution in [0.1, 0.15) is 116 Å². The minimum Gasteiger partial charge on any atom is -0.467 e. The van der Waals surface area contributed by atoms with E-state index >= 15 is 0 Å². The number of ether oxygens (including phenoxy) is 6. The number of amides is 6. The van der Waals surface area contributed by atoms with Gasteiger partial charge in [0.25, 0.3) is 0 Å². The van der Waals surface area contributed by atoms with Gasteiger partial charge in [-0.1, -0.05) is 64.8 Å². The molecular formula is C60H84N6O18S6. The molecular weight excluding hydrogens is 1290 g/mol. The number of methoxy groups -OCH3 is 6.